The minimum atomic E-state index is -5.12. The molecule has 0 radical (unpaired) electrons. The van der Waals surface area contributed by atoms with Crippen LogP contribution in [0.4, 0.5) is 13.2 Å². The first kappa shape index (κ1) is 24.0. The highest BCUT2D eigenvalue weighted by molar-refractivity contribution is 5.76. The second kappa shape index (κ2) is 9.24. The fourth-order valence-corrected chi connectivity index (χ4v) is 4.61. The highest BCUT2D eigenvalue weighted by Crippen LogP contribution is 2.43. The van der Waals surface area contributed by atoms with Gasteiger partial charge in [-0.1, -0.05) is 105 Å². The minimum Gasteiger partial charge on any atom is -0.424 e. The van der Waals surface area contributed by atoms with Crippen molar-refractivity contribution in [1.29, 1.82) is 0 Å². The third-order valence-corrected chi connectivity index (χ3v) is 6.17. The number of alkyl halides is 3. The number of hydrogen-bond acceptors (Lipinski definition) is 4. The van der Waals surface area contributed by atoms with Crippen LogP contribution in [0.5, 0.6) is 0 Å². The normalized spacial score (nSPS) is 23.0. The van der Waals surface area contributed by atoms with Crippen LogP contribution in [0.3, 0.4) is 0 Å². The lowest BCUT2D eigenvalue weighted by Gasteiger charge is -2.38. The van der Waals surface area contributed by atoms with Gasteiger partial charge in [-0.3, -0.25) is 10.6 Å². The maximum atomic E-state index is 13.3. The van der Waals surface area contributed by atoms with Crippen molar-refractivity contribution in [1.82, 2.24) is 10.6 Å². The molecule has 3 aromatic carbocycles. The van der Waals surface area contributed by atoms with Gasteiger partial charge in [-0.15, -0.1) is 0 Å². The van der Waals surface area contributed by atoms with E-state index in [9.17, 15) is 18.0 Å². The molecule has 0 aliphatic carbocycles. The number of halogens is 3. The Labute approximate surface area is 197 Å². The van der Waals surface area contributed by atoms with Gasteiger partial charge < -0.3 is 4.74 Å². The lowest BCUT2D eigenvalue weighted by Crippen LogP contribution is -2.57. The summed E-state index contributed by atoms with van der Waals surface area (Å²) in [5.74, 6) is -4.00. The summed E-state index contributed by atoms with van der Waals surface area (Å²) < 4.78 is 45.3. The molecule has 2 atom stereocenters. The average Bonchev–Trinajstić information content (AvgIpc) is 3.18. The van der Waals surface area contributed by atoms with Gasteiger partial charge in [-0.05, 0) is 22.1 Å². The smallest absolute Gasteiger partial charge is 0.424 e. The molecule has 2 N–H and O–H groups in total. The lowest BCUT2D eigenvalue weighted by atomic mass is 9.79. The molecule has 178 valence electrons. The van der Waals surface area contributed by atoms with E-state index in [4.69, 9.17) is 4.74 Å². The first-order valence-corrected chi connectivity index (χ1v) is 11.1. The molecule has 0 aromatic heterocycles. The van der Waals surface area contributed by atoms with Crippen LogP contribution in [0.1, 0.15) is 49.0 Å². The Morgan fingerprint density at radius 1 is 0.794 bits per heavy atom. The molecular formula is C27H27F3N2O2. The highest BCUT2D eigenvalue weighted by atomic mass is 19.4. The molecule has 0 amide bonds. The number of esters is 1. The van der Waals surface area contributed by atoms with Crippen LogP contribution in [0.25, 0.3) is 0 Å². The molecular weight excluding hydrogens is 441 g/mol. The van der Waals surface area contributed by atoms with Crippen molar-refractivity contribution in [3.8, 4) is 0 Å². The van der Waals surface area contributed by atoms with Crippen LogP contribution in [0.2, 0.25) is 0 Å². The van der Waals surface area contributed by atoms with Crippen molar-refractivity contribution in [2.24, 2.45) is 0 Å². The first-order chi connectivity index (χ1) is 16.1. The van der Waals surface area contributed by atoms with Gasteiger partial charge >= 0.3 is 12.1 Å². The van der Waals surface area contributed by atoms with Crippen molar-refractivity contribution in [3.63, 3.8) is 0 Å². The first-order valence-electron chi connectivity index (χ1n) is 11.1. The second-order valence-corrected chi connectivity index (χ2v) is 9.21. The molecule has 7 heteroatoms. The number of rotatable bonds is 6. The van der Waals surface area contributed by atoms with E-state index in [1.165, 1.54) is 0 Å². The number of benzene rings is 3. The van der Waals surface area contributed by atoms with Gasteiger partial charge in [0.15, 0.2) is 0 Å². The van der Waals surface area contributed by atoms with Gasteiger partial charge in [0.2, 0.25) is 5.85 Å². The summed E-state index contributed by atoms with van der Waals surface area (Å²) >= 11 is 0. The van der Waals surface area contributed by atoms with E-state index in [2.05, 4.69) is 10.6 Å². The highest BCUT2D eigenvalue weighted by Gasteiger charge is 2.54. The van der Waals surface area contributed by atoms with E-state index < -0.39 is 35.5 Å². The van der Waals surface area contributed by atoms with E-state index >= 15 is 0 Å². The predicted molar refractivity (Wildman–Crippen MR) is 124 cm³/mol. The fourth-order valence-electron chi connectivity index (χ4n) is 4.61. The van der Waals surface area contributed by atoms with E-state index in [1.54, 1.807) is 0 Å². The van der Waals surface area contributed by atoms with E-state index in [0.717, 1.165) is 16.7 Å². The number of hydrogen-bond donors (Lipinski definition) is 2. The van der Waals surface area contributed by atoms with Gasteiger partial charge in [0.05, 0.1) is 12.1 Å². The average molecular weight is 469 g/mol. The molecule has 2 unspecified atom stereocenters. The quantitative estimate of drug-likeness (QED) is 0.450. The van der Waals surface area contributed by atoms with Crippen molar-refractivity contribution in [2.75, 3.05) is 0 Å². The summed E-state index contributed by atoms with van der Waals surface area (Å²) in [5.41, 5.74) is 2.03. The van der Waals surface area contributed by atoms with E-state index in [-0.39, 0.29) is 6.42 Å². The van der Waals surface area contributed by atoms with Gasteiger partial charge in [0, 0.05) is 6.42 Å². The van der Waals surface area contributed by atoms with E-state index in [1.807, 2.05) is 105 Å². The van der Waals surface area contributed by atoms with Gasteiger partial charge in [-0.25, -0.2) is 4.79 Å². The van der Waals surface area contributed by atoms with Crippen molar-refractivity contribution in [2.45, 2.75) is 49.8 Å². The van der Waals surface area contributed by atoms with Gasteiger partial charge in [0.25, 0.3) is 0 Å². The largest absolute Gasteiger partial charge is 0.491 e. The predicted octanol–water partition coefficient (Wildman–Crippen LogP) is 5.79. The molecule has 4 rings (SSSR count). The number of carbonyl (C=O) groups excluding carboxylic acids is 1. The van der Waals surface area contributed by atoms with Crippen molar-refractivity contribution < 1.29 is 22.7 Å². The SMILES string of the molecule is CC(C)(CC1(OC(=O)C(F)(F)F)NC(c2ccccc2)C(c2ccccc2)N1)c1ccccc1. The number of carbonyl (C=O) groups is 1. The summed E-state index contributed by atoms with van der Waals surface area (Å²) in [7, 11) is 0. The van der Waals surface area contributed by atoms with Crippen LogP contribution in [-0.4, -0.2) is 18.0 Å². The monoisotopic (exact) mass is 468 g/mol. The van der Waals surface area contributed by atoms with Crippen LogP contribution >= 0.6 is 0 Å². The van der Waals surface area contributed by atoms with Crippen LogP contribution < -0.4 is 10.6 Å². The molecule has 0 saturated carbocycles. The molecule has 1 aliphatic rings. The Hall–Kier alpha value is -3.16. The minimum absolute atomic E-state index is 0.0680. The Bertz CT molecular complexity index is 1060. The summed E-state index contributed by atoms with van der Waals surface area (Å²) in [5, 5.41) is 6.49. The number of nitrogens with one attached hydrogen (secondary N) is 2. The van der Waals surface area contributed by atoms with Crippen LogP contribution in [-0.2, 0) is 14.9 Å². The molecule has 0 spiro atoms. The molecule has 4 nitrogen and oxygen atoms in total. The maximum Gasteiger partial charge on any atom is 0.491 e. The zero-order chi connectivity index (χ0) is 24.4. The zero-order valence-electron chi connectivity index (χ0n) is 19.0. The van der Waals surface area contributed by atoms with Crippen molar-refractivity contribution in [3.05, 3.63) is 108 Å². The fraction of sp³-hybridized carbons (Fsp3) is 0.296. The van der Waals surface area contributed by atoms with E-state index in [0.29, 0.717) is 0 Å². The Balaban J connectivity index is 1.77. The second-order valence-electron chi connectivity index (χ2n) is 9.21. The molecule has 0 bridgehead atoms. The molecule has 1 heterocycles. The lowest BCUT2D eigenvalue weighted by molar-refractivity contribution is -0.220. The molecule has 1 fully saturated rings. The molecule has 1 aliphatic heterocycles. The van der Waals surface area contributed by atoms with Gasteiger partial charge in [-0.2, -0.15) is 13.2 Å². The van der Waals surface area contributed by atoms with Crippen LogP contribution in [0.15, 0.2) is 91.0 Å². The summed E-state index contributed by atoms with van der Waals surface area (Å²) in [6, 6.07) is 27.4. The Morgan fingerprint density at radius 2 is 1.21 bits per heavy atom. The Morgan fingerprint density at radius 3 is 1.62 bits per heavy atom. The summed E-state index contributed by atoms with van der Waals surface area (Å²) in [6.07, 6.45) is -5.06. The number of ether oxygens (including phenoxy) is 1. The van der Waals surface area contributed by atoms with Crippen LogP contribution in [0, 0.1) is 0 Å². The summed E-state index contributed by atoms with van der Waals surface area (Å²) in [4.78, 5) is 12.1. The Kier molecular flexibility index (Phi) is 6.51. The molecule has 3 aromatic rings. The molecule has 1 saturated heterocycles. The zero-order valence-corrected chi connectivity index (χ0v) is 19.0. The maximum absolute atomic E-state index is 13.3. The van der Waals surface area contributed by atoms with Gasteiger partial charge in [0.1, 0.15) is 0 Å². The van der Waals surface area contributed by atoms with Crippen molar-refractivity contribution >= 4 is 5.97 Å². The topological polar surface area (TPSA) is 50.4 Å². The standard InChI is InChI=1S/C27H27F3N2O2/c1-25(2,21-16-10-5-11-17-21)18-26(34-24(33)27(28,29)30)31-22(19-12-6-3-7-13-19)23(32-26)20-14-8-4-9-15-20/h3-17,22-23,31-32H,18H2,1-2H3. The summed E-state index contributed by atoms with van der Waals surface area (Å²) in [6.45, 7) is 3.84. The third kappa shape index (κ3) is 5.16. The third-order valence-electron chi connectivity index (χ3n) is 6.17. The molecule has 34 heavy (non-hydrogen) atoms.